The number of hydrogen-bond acceptors (Lipinski definition) is 5. The molecule has 0 spiro atoms. The number of carbonyl (C=O) groups excluding carboxylic acids is 2. The molecule has 0 bridgehead atoms. The molecule has 1 amide bonds. The Morgan fingerprint density at radius 3 is 2.39 bits per heavy atom. The van der Waals surface area contributed by atoms with Gasteiger partial charge in [-0.05, 0) is 43.9 Å². The number of likely N-dealkylation sites (tertiary alicyclic amines) is 1. The summed E-state index contributed by atoms with van der Waals surface area (Å²) in [5.41, 5.74) is 0.111. The average molecular weight is 411 g/mol. The van der Waals surface area contributed by atoms with E-state index < -0.39 is 22.1 Å². The molecule has 1 heterocycles. The third-order valence-electron chi connectivity index (χ3n) is 5.14. The van der Waals surface area contributed by atoms with E-state index in [1.807, 2.05) is 0 Å². The Bertz CT molecular complexity index is 797. The summed E-state index contributed by atoms with van der Waals surface area (Å²) in [6, 6.07) is 5.75. The highest BCUT2D eigenvalue weighted by Gasteiger charge is 2.28. The minimum Gasteiger partial charge on any atom is -0.449 e. The van der Waals surface area contributed by atoms with Crippen LogP contribution in [-0.2, 0) is 19.6 Å². The first-order valence-electron chi connectivity index (χ1n) is 9.80. The van der Waals surface area contributed by atoms with Crippen molar-refractivity contribution in [3.63, 3.8) is 0 Å². The Labute approximate surface area is 167 Å². The molecule has 7 nitrogen and oxygen atoms in total. The van der Waals surface area contributed by atoms with Crippen molar-refractivity contribution in [2.75, 3.05) is 26.2 Å². The first kappa shape index (κ1) is 22.4. The molecular formula is C20H30N2O5S. The lowest BCUT2D eigenvalue weighted by molar-refractivity contribution is -0.141. The summed E-state index contributed by atoms with van der Waals surface area (Å²) in [4.78, 5) is 26.8. The lowest BCUT2D eigenvalue weighted by atomic mass is 9.99. The van der Waals surface area contributed by atoms with E-state index in [9.17, 15) is 18.0 Å². The second-order valence-electron chi connectivity index (χ2n) is 7.17. The monoisotopic (exact) mass is 410 g/mol. The van der Waals surface area contributed by atoms with Gasteiger partial charge in [0.1, 0.15) is 0 Å². The largest absolute Gasteiger partial charge is 0.449 e. The molecular weight excluding hydrogens is 380 g/mol. The Kier molecular flexibility index (Phi) is 7.60. The molecule has 1 fully saturated rings. The highest BCUT2D eigenvalue weighted by Crippen LogP contribution is 2.19. The van der Waals surface area contributed by atoms with Crippen molar-refractivity contribution in [1.82, 2.24) is 9.21 Å². The molecule has 0 saturated carbocycles. The zero-order valence-corrected chi connectivity index (χ0v) is 17.9. The fourth-order valence-corrected chi connectivity index (χ4v) is 4.77. The minimum absolute atomic E-state index is 0.0367. The van der Waals surface area contributed by atoms with Gasteiger partial charge in [-0.1, -0.05) is 26.8 Å². The Morgan fingerprint density at radius 1 is 1.21 bits per heavy atom. The van der Waals surface area contributed by atoms with E-state index in [1.54, 1.807) is 25.7 Å². The van der Waals surface area contributed by atoms with Gasteiger partial charge in [0.25, 0.3) is 5.91 Å². The van der Waals surface area contributed by atoms with E-state index >= 15 is 0 Å². The molecule has 28 heavy (non-hydrogen) atoms. The lowest BCUT2D eigenvalue weighted by Crippen LogP contribution is -2.44. The second-order valence-corrected chi connectivity index (χ2v) is 9.11. The molecule has 8 heteroatoms. The highest BCUT2D eigenvalue weighted by molar-refractivity contribution is 7.89. The normalized spacial score (nSPS) is 16.8. The van der Waals surface area contributed by atoms with Gasteiger partial charge in [-0.3, -0.25) is 4.79 Å². The van der Waals surface area contributed by atoms with Crippen LogP contribution in [0.25, 0.3) is 0 Å². The van der Waals surface area contributed by atoms with E-state index in [4.69, 9.17) is 4.74 Å². The standard InChI is InChI=1S/C20H30N2O5S/c1-5-22(6-2)28(25,26)18-9-7-8-17(14-18)20(24)27-16(4)19(23)21-12-10-15(3)11-13-21/h7-9,14-16H,5-6,10-13H2,1-4H3. The van der Waals surface area contributed by atoms with Crippen molar-refractivity contribution in [3.8, 4) is 0 Å². The average Bonchev–Trinajstić information content (AvgIpc) is 2.68. The molecule has 1 aromatic carbocycles. The van der Waals surface area contributed by atoms with Gasteiger partial charge in [-0.2, -0.15) is 4.31 Å². The zero-order valence-electron chi connectivity index (χ0n) is 17.1. The van der Waals surface area contributed by atoms with Crippen LogP contribution < -0.4 is 0 Å². The van der Waals surface area contributed by atoms with Gasteiger partial charge in [-0.15, -0.1) is 0 Å². The van der Waals surface area contributed by atoms with Crippen LogP contribution in [0.3, 0.4) is 0 Å². The number of hydrogen-bond donors (Lipinski definition) is 0. The van der Waals surface area contributed by atoms with Crippen molar-refractivity contribution >= 4 is 21.9 Å². The van der Waals surface area contributed by atoms with Crippen LogP contribution in [0, 0.1) is 5.92 Å². The molecule has 0 aromatic heterocycles. The fraction of sp³-hybridized carbons (Fsp3) is 0.600. The summed E-state index contributed by atoms with van der Waals surface area (Å²) in [6.07, 6.45) is 0.971. The molecule has 0 N–H and O–H groups in total. The minimum atomic E-state index is -3.67. The molecule has 2 rings (SSSR count). The van der Waals surface area contributed by atoms with Crippen molar-refractivity contribution < 1.29 is 22.7 Å². The van der Waals surface area contributed by atoms with Crippen molar-refractivity contribution in [2.24, 2.45) is 5.92 Å². The van der Waals surface area contributed by atoms with Gasteiger partial charge >= 0.3 is 5.97 Å². The number of sulfonamides is 1. The van der Waals surface area contributed by atoms with Crippen LogP contribution >= 0.6 is 0 Å². The predicted octanol–water partition coefficient (Wildman–Crippen LogP) is 2.52. The van der Waals surface area contributed by atoms with E-state index in [1.165, 1.54) is 28.6 Å². The quantitative estimate of drug-likeness (QED) is 0.645. The zero-order chi connectivity index (χ0) is 20.9. The number of ether oxygens (including phenoxy) is 1. The van der Waals surface area contributed by atoms with Crippen LogP contribution in [0.15, 0.2) is 29.2 Å². The molecule has 1 aliphatic heterocycles. The number of nitrogens with zero attached hydrogens (tertiary/aromatic N) is 2. The van der Waals surface area contributed by atoms with Gasteiger partial charge in [0.2, 0.25) is 10.0 Å². The first-order valence-corrected chi connectivity index (χ1v) is 11.2. The molecule has 1 aliphatic rings. The first-order chi connectivity index (χ1) is 13.2. The van der Waals surface area contributed by atoms with E-state index in [0.29, 0.717) is 32.1 Å². The Balaban J connectivity index is 2.09. The van der Waals surface area contributed by atoms with Crippen molar-refractivity contribution in [1.29, 1.82) is 0 Å². The maximum absolute atomic E-state index is 12.6. The van der Waals surface area contributed by atoms with Crippen molar-refractivity contribution in [3.05, 3.63) is 29.8 Å². The number of rotatable bonds is 7. The van der Waals surface area contributed by atoms with Gasteiger partial charge in [0.05, 0.1) is 10.5 Å². The third kappa shape index (κ3) is 5.11. The van der Waals surface area contributed by atoms with Crippen LogP contribution in [-0.4, -0.2) is 61.8 Å². The maximum Gasteiger partial charge on any atom is 0.338 e. The predicted molar refractivity (Wildman–Crippen MR) is 106 cm³/mol. The summed E-state index contributed by atoms with van der Waals surface area (Å²) < 4.78 is 31.9. The highest BCUT2D eigenvalue weighted by atomic mass is 32.2. The summed E-state index contributed by atoms with van der Waals surface area (Å²) in [5, 5.41) is 0. The summed E-state index contributed by atoms with van der Waals surface area (Å²) in [7, 11) is -3.67. The van der Waals surface area contributed by atoms with Gasteiger partial charge in [0, 0.05) is 26.2 Å². The topological polar surface area (TPSA) is 84.0 Å². The van der Waals surface area contributed by atoms with Gasteiger partial charge in [0.15, 0.2) is 6.10 Å². The Hall–Kier alpha value is -1.93. The maximum atomic E-state index is 12.6. The number of piperidine rings is 1. The lowest BCUT2D eigenvalue weighted by Gasteiger charge is -2.31. The Morgan fingerprint density at radius 2 is 1.82 bits per heavy atom. The number of esters is 1. The third-order valence-corrected chi connectivity index (χ3v) is 7.19. The molecule has 1 saturated heterocycles. The molecule has 0 radical (unpaired) electrons. The number of amides is 1. The van der Waals surface area contributed by atoms with Crippen LogP contribution in [0.5, 0.6) is 0 Å². The summed E-state index contributed by atoms with van der Waals surface area (Å²) >= 11 is 0. The van der Waals surface area contributed by atoms with E-state index in [2.05, 4.69) is 6.92 Å². The van der Waals surface area contributed by atoms with Crippen LogP contribution in [0.2, 0.25) is 0 Å². The van der Waals surface area contributed by atoms with Crippen molar-refractivity contribution in [2.45, 2.75) is 51.5 Å². The summed E-state index contributed by atoms with van der Waals surface area (Å²) in [5.74, 6) is -0.326. The SMILES string of the molecule is CCN(CC)S(=O)(=O)c1cccc(C(=O)OC(C)C(=O)N2CCC(C)CC2)c1. The molecule has 156 valence electrons. The van der Waals surface area contributed by atoms with Gasteiger partial charge in [-0.25, -0.2) is 13.2 Å². The second kappa shape index (κ2) is 9.52. The van der Waals surface area contributed by atoms with Crippen LogP contribution in [0.1, 0.15) is 50.9 Å². The smallest absolute Gasteiger partial charge is 0.338 e. The summed E-state index contributed by atoms with van der Waals surface area (Å²) in [6.45, 7) is 9.24. The van der Waals surface area contributed by atoms with Gasteiger partial charge < -0.3 is 9.64 Å². The molecule has 1 unspecified atom stereocenters. The van der Waals surface area contributed by atoms with E-state index in [0.717, 1.165) is 12.8 Å². The molecule has 1 aromatic rings. The molecule has 0 aliphatic carbocycles. The number of carbonyl (C=O) groups is 2. The van der Waals surface area contributed by atoms with Crippen LogP contribution in [0.4, 0.5) is 0 Å². The van der Waals surface area contributed by atoms with E-state index in [-0.39, 0.29) is 16.4 Å². The number of benzene rings is 1. The molecule has 1 atom stereocenters. The fourth-order valence-electron chi connectivity index (χ4n) is 3.26.